The minimum atomic E-state index is -0.582. The Labute approximate surface area is 141 Å². The van der Waals surface area contributed by atoms with E-state index in [1.807, 2.05) is 12.1 Å². The van der Waals surface area contributed by atoms with Crippen molar-refractivity contribution in [1.29, 1.82) is 0 Å². The van der Waals surface area contributed by atoms with Crippen LogP contribution in [0.25, 0.3) is 22.8 Å². The van der Waals surface area contributed by atoms with Crippen molar-refractivity contribution < 1.29 is 9.32 Å². The molecule has 0 aliphatic carbocycles. The molecular formula is C16H15N5O4. The third-order valence-corrected chi connectivity index (χ3v) is 3.52. The lowest BCUT2D eigenvalue weighted by atomic mass is 10.1. The van der Waals surface area contributed by atoms with Crippen LogP contribution in [0, 0.1) is 0 Å². The Morgan fingerprint density at radius 2 is 2.00 bits per heavy atom. The zero-order valence-corrected chi connectivity index (χ0v) is 13.6. The molecule has 0 unspecified atom stereocenters. The fraction of sp³-hybridized carbons (Fsp3) is 0.188. The van der Waals surface area contributed by atoms with Crippen molar-refractivity contribution in [1.82, 2.24) is 25.0 Å². The molecule has 0 atom stereocenters. The minimum absolute atomic E-state index is 0.0918. The Morgan fingerprint density at radius 3 is 2.68 bits per heavy atom. The molecule has 0 radical (unpaired) electrons. The molecule has 2 N–H and O–H groups in total. The first kappa shape index (κ1) is 16.4. The van der Waals surface area contributed by atoms with Crippen molar-refractivity contribution in [3.8, 4) is 22.8 Å². The first-order chi connectivity index (χ1) is 11.9. The van der Waals surface area contributed by atoms with Gasteiger partial charge in [0.15, 0.2) is 0 Å². The van der Waals surface area contributed by atoms with E-state index < -0.39 is 11.2 Å². The number of carbonyl (C=O) groups is 1. The topological polar surface area (TPSA) is 123 Å². The van der Waals surface area contributed by atoms with Crippen LogP contribution < -0.4 is 16.6 Å². The number of aromatic amines is 1. The van der Waals surface area contributed by atoms with Crippen LogP contribution in [-0.4, -0.2) is 25.6 Å². The lowest BCUT2D eigenvalue weighted by molar-refractivity contribution is -0.119. The zero-order chi connectivity index (χ0) is 18.0. The van der Waals surface area contributed by atoms with Gasteiger partial charge in [-0.3, -0.25) is 14.6 Å². The van der Waals surface area contributed by atoms with Gasteiger partial charge in [0.1, 0.15) is 5.56 Å². The number of nitrogens with zero attached hydrogens (tertiary/aromatic N) is 3. The van der Waals surface area contributed by atoms with E-state index in [1.165, 1.54) is 24.7 Å². The third-order valence-electron chi connectivity index (χ3n) is 3.52. The number of aromatic nitrogens is 4. The predicted molar refractivity (Wildman–Crippen MR) is 88.6 cm³/mol. The molecule has 0 aliphatic heterocycles. The second-order valence-electron chi connectivity index (χ2n) is 5.44. The van der Waals surface area contributed by atoms with Gasteiger partial charge >= 0.3 is 5.69 Å². The van der Waals surface area contributed by atoms with Crippen molar-refractivity contribution in [2.45, 2.75) is 13.5 Å². The molecule has 3 aromatic rings. The fourth-order valence-electron chi connectivity index (χ4n) is 2.16. The first-order valence-corrected chi connectivity index (χ1v) is 7.42. The van der Waals surface area contributed by atoms with E-state index in [9.17, 15) is 14.4 Å². The maximum absolute atomic E-state index is 11.9. The summed E-state index contributed by atoms with van der Waals surface area (Å²) in [6, 6.07) is 7.21. The number of carbonyl (C=O) groups excluding carboxylic acids is 1. The Balaban J connectivity index is 1.87. The van der Waals surface area contributed by atoms with Crippen LogP contribution in [0.15, 0.2) is 44.6 Å². The summed E-state index contributed by atoms with van der Waals surface area (Å²) in [4.78, 5) is 40.6. The molecular weight excluding hydrogens is 326 g/mol. The van der Waals surface area contributed by atoms with E-state index in [2.05, 4.69) is 20.4 Å². The molecule has 2 aromatic heterocycles. The standard InChI is InChI=1S/C16H15N5O4/c1-9(22)17-7-10-3-5-11(6-4-10)15-18-13(20-25-15)12-8-21(2)16(24)19-14(12)23/h3-6,8H,7H2,1-2H3,(H,17,22)(H,19,23,24). The van der Waals surface area contributed by atoms with Crippen LogP contribution in [0.4, 0.5) is 0 Å². The molecule has 9 heteroatoms. The summed E-state index contributed by atoms with van der Waals surface area (Å²) in [5.74, 6) is 0.233. The molecule has 1 aromatic carbocycles. The van der Waals surface area contributed by atoms with Gasteiger partial charge in [-0.1, -0.05) is 17.3 Å². The molecule has 0 fully saturated rings. The van der Waals surface area contributed by atoms with Gasteiger partial charge in [-0.2, -0.15) is 4.98 Å². The third kappa shape index (κ3) is 3.55. The SMILES string of the molecule is CC(=O)NCc1ccc(-c2nc(-c3cn(C)c(=O)[nH]c3=O)no2)cc1. The van der Waals surface area contributed by atoms with Crippen molar-refractivity contribution >= 4 is 5.91 Å². The highest BCUT2D eigenvalue weighted by atomic mass is 16.5. The summed E-state index contributed by atoms with van der Waals surface area (Å²) in [5, 5.41) is 6.50. The first-order valence-electron chi connectivity index (χ1n) is 7.42. The van der Waals surface area contributed by atoms with Crippen LogP contribution in [-0.2, 0) is 18.4 Å². The average Bonchev–Trinajstić information content (AvgIpc) is 3.06. The summed E-state index contributed by atoms with van der Waals surface area (Å²) < 4.78 is 6.42. The van der Waals surface area contributed by atoms with Crippen LogP contribution in [0.2, 0.25) is 0 Å². The molecule has 0 spiro atoms. The molecule has 1 amide bonds. The minimum Gasteiger partial charge on any atom is -0.352 e. The number of amides is 1. The van der Waals surface area contributed by atoms with E-state index in [4.69, 9.17) is 4.52 Å². The van der Waals surface area contributed by atoms with Crippen LogP contribution in [0.3, 0.4) is 0 Å². The predicted octanol–water partition coefficient (Wildman–Crippen LogP) is 0.427. The summed E-state index contributed by atoms with van der Waals surface area (Å²) >= 11 is 0. The van der Waals surface area contributed by atoms with Crippen LogP contribution >= 0.6 is 0 Å². The normalized spacial score (nSPS) is 10.6. The molecule has 0 bridgehead atoms. The molecule has 9 nitrogen and oxygen atoms in total. The summed E-state index contributed by atoms with van der Waals surface area (Å²) in [6.07, 6.45) is 1.35. The molecule has 25 heavy (non-hydrogen) atoms. The molecule has 0 aliphatic rings. The van der Waals surface area contributed by atoms with Crippen LogP contribution in [0.1, 0.15) is 12.5 Å². The van der Waals surface area contributed by atoms with Crippen molar-refractivity contribution in [3.05, 3.63) is 56.9 Å². The van der Waals surface area contributed by atoms with Gasteiger partial charge in [0.05, 0.1) is 0 Å². The average molecular weight is 341 g/mol. The van der Waals surface area contributed by atoms with E-state index in [-0.39, 0.29) is 23.2 Å². The Morgan fingerprint density at radius 1 is 1.28 bits per heavy atom. The van der Waals surface area contributed by atoms with Gasteiger partial charge in [0, 0.05) is 32.3 Å². The van der Waals surface area contributed by atoms with E-state index in [1.54, 1.807) is 12.1 Å². The van der Waals surface area contributed by atoms with Crippen molar-refractivity contribution in [2.24, 2.45) is 7.05 Å². The number of benzene rings is 1. The van der Waals surface area contributed by atoms with Gasteiger partial charge in [0.25, 0.3) is 11.4 Å². The fourth-order valence-corrected chi connectivity index (χ4v) is 2.16. The Kier molecular flexibility index (Phi) is 4.29. The highest BCUT2D eigenvalue weighted by molar-refractivity contribution is 5.72. The lowest BCUT2D eigenvalue weighted by Gasteiger charge is -2.02. The van der Waals surface area contributed by atoms with E-state index in [0.717, 1.165) is 5.56 Å². The van der Waals surface area contributed by atoms with Crippen molar-refractivity contribution in [3.63, 3.8) is 0 Å². The number of H-pyrrole nitrogens is 1. The number of nitrogens with one attached hydrogen (secondary N) is 2. The molecule has 128 valence electrons. The molecule has 2 heterocycles. The van der Waals surface area contributed by atoms with Gasteiger partial charge in [-0.15, -0.1) is 0 Å². The summed E-state index contributed by atoms with van der Waals surface area (Å²) in [6.45, 7) is 1.88. The Bertz CT molecular complexity index is 1030. The molecule has 0 saturated heterocycles. The highest BCUT2D eigenvalue weighted by Gasteiger charge is 2.14. The second kappa shape index (κ2) is 6.56. The number of aryl methyl sites for hydroxylation is 1. The second-order valence-corrected chi connectivity index (χ2v) is 5.44. The monoisotopic (exact) mass is 341 g/mol. The smallest absolute Gasteiger partial charge is 0.328 e. The molecule has 3 rings (SSSR count). The summed E-state index contributed by atoms with van der Waals surface area (Å²) in [5.41, 5.74) is 0.632. The van der Waals surface area contributed by atoms with Crippen molar-refractivity contribution in [2.75, 3.05) is 0 Å². The lowest BCUT2D eigenvalue weighted by Crippen LogP contribution is -2.28. The number of rotatable bonds is 4. The maximum atomic E-state index is 11.9. The maximum Gasteiger partial charge on any atom is 0.328 e. The van der Waals surface area contributed by atoms with Gasteiger partial charge < -0.3 is 14.4 Å². The zero-order valence-electron chi connectivity index (χ0n) is 13.6. The van der Waals surface area contributed by atoms with E-state index in [0.29, 0.717) is 12.1 Å². The van der Waals surface area contributed by atoms with Gasteiger partial charge in [-0.05, 0) is 17.7 Å². The number of hydrogen-bond donors (Lipinski definition) is 2. The highest BCUT2D eigenvalue weighted by Crippen LogP contribution is 2.20. The summed E-state index contributed by atoms with van der Waals surface area (Å²) in [7, 11) is 1.51. The van der Waals surface area contributed by atoms with Gasteiger partial charge in [-0.25, -0.2) is 4.79 Å². The van der Waals surface area contributed by atoms with E-state index >= 15 is 0 Å². The number of hydrogen-bond acceptors (Lipinski definition) is 6. The molecule has 0 saturated carbocycles. The Hall–Kier alpha value is -3.49. The quantitative estimate of drug-likeness (QED) is 0.709. The largest absolute Gasteiger partial charge is 0.352 e. The van der Waals surface area contributed by atoms with Crippen LogP contribution in [0.5, 0.6) is 0 Å². The van der Waals surface area contributed by atoms with Gasteiger partial charge in [0.2, 0.25) is 11.7 Å².